The number of benzene rings is 8. The highest BCUT2D eigenvalue weighted by Crippen LogP contribution is 2.63. The van der Waals surface area contributed by atoms with Crippen molar-refractivity contribution in [1.82, 2.24) is 9.97 Å². The minimum atomic E-state index is -0.561. The van der Waals surface area contributed by atoms with E-state index in [0.717, 1.165) is 72.6 Å². The van der Waals surface area contributed by atoms with Crippen molar-refractivity contribution in [3.05, 3.63) is 216 Å². The third kappa shape index (κ3) is 4.42. The molecule has 9 aromatic rings. The van der Waals surface area contributed by atoms with Crippen LogP contribution < -0.4 is 4.74 Å². The van der Waals surface area contributed by atoms with Gasteiger partial charge in [0.05, 0.1) is 16.8 Å². The van der Waals surface area contributed by atoms with Crippen LogP contribution in [0.4, 0.5) is 0 Å². The number of ether oxygens (including phenoxy) is 1. The van der Waals surface area contributed by atoms with E-state index < -0.39 is 5.41 Å². The standard InChI is InChI=1S/C51H32N2O/c1-3-17-34(18-4-1)45-32-46(35-19-5-2-6-20-35)53-50(52-45)48-36-21-8-7-16-33(36)30-31-39(48)40-24-15-28-44-49(40)54-47-29-14-13-27-43(47)51(44)41-25-11-9-22-37(41)38-23-10-12-26-42(38)51/h1-32H. The maximum atomic E-state index is 7.13. The molecule has 0 saturated heterocycles. The Morgan fingerprint density at radius 1 is 0.389 bits per heavy atom. The Bertz CT molecular complexity index is 2810. The van der Waals surface area contributed by atoms with Crippen LogP contribution in [0.2, 0.25) is 0 Å². The number of fused-ring (bicyclic) bond motifs is 10. The Morgan fingerprint density at radius 2 is 0.926 bits per heavy atom. The summed E-state index contributed by atoms with van der Waals surface area (Å²) in [6, 6.07) is 68.7. The molecule has 1 aliphatic heterocycles. The highest BCUT2D eigenvalue weighted by molar-refractivity contribution is 6.04. The fourth-order valence-corrected chi connectivity index (χ4v) is 8.90. The predicted molar refractivity (Wildman–Crippen MR) is 219 cm³/mol. The average molecular weight is 689 g/mol. The monoisotopic (exact) mass is 688 g/mol. The van der Waals surface area contributed by atoms with Gasteiger partial charge in [-0.15, -0.1) is 0 Å². The van der Waals surface area contributed by atoms with E-state index in [9.17, 15) is 0 Å². The van der Waals surface area contributed by atoms with Gasteiger partial charge in [0.25, 0.3) is 0 Å². The van der Waals surface area contributed by atoms with Gasteiger partial charge in [-0.2, -0.15) is 0 Å². The average Bonchev–Trinajstić information content (AvgIpc) is 3.54. The van der Waals surface area contributed by atoms with E-state index in [2.05, 4.69) is 182 Å². The van der Waals surface area contributed by atoms with E-state index in [1.165, 1.54) is 22.3 Å². The number of nitrogens with zero attached hydrogens (tertiary/aromatic N) is 2. The van der Waals surface area contributed by atoms with Crippen LogP contribution in [0.25, 0.3) is 66.9 Å². The van der Waals surface area contributed by atoms with Crippen LogP contribution in [0.1, 0.15) is 22.3 Å². The summed E-state index contributed by atoms with van der Waals surface area (Å²) >= 11 is 0. The second kappa shape index (κ2) is 12.0. The first kappa shape index (κ1) is 30.5. The fraction of sp³-hybridized carbons (Fsp3) is 0.0196. The lowest BCUT2D eigenvalue weighted by molar-refractivity contribution is 0.438. The molecule has 0 saturated carbocycles. The van der Waals surface area contributed by atoms with Crippen molar-refractivity contribution in [2.75, 3.05) is 0 Å². The van der Waals surface area contributed by atoms with E-state index in [1.54, 1.807) is 0 Å². The molecule has 2 aliphatic rings. The lowest BCUT2D eigenvalue weighted by atomic mass is 9.65. The van der Waals surface area contributed by atoms with Crippen LogP contribution >= 0.6 is 0 Å². The number of rotatable bonds is 4. The van der Waals surface area contributed by atoms with E-state index in [1.807, 2.05) is 12.1 Å². The molecule has 0 bridgehead atoms. The molecule has 0 unspecified atom stereocenters. The minimum Gasteiger partial charge on any atom is -0.456 e. The van der Waals surface area contributed by atoms with E-state index >= 15 is 0 Å². The van der Waals surface area contributed by atoms with Gasteiger partial charge in [-0.25, -0.2) is 9.97 Å². The molecule has 2 heterocycles. The molecule has 252 valence electrons. The van der Waals surface area contributed by atoms with Crippen LogP contribution in [0.5, 0.6) is 11.5 Å². The third-order valence-corrected chi connectivity index (χ3v) is 11.2. The van der Waals surface area contributed by atoms with Crippen molar-refractivity contribution in [2.45, 2.75) is 5.41 Å². The molecule has 0 fully saturated rings. The second-order valence-corrected chi connectivity index (χ2v) is 14.0. The van der Waals surface area contributed by atoms with Gasteiger partial charge in [-0.05, 0) is 50.7 Å². The van der Waals surface area contributed by atoms with Crippen LogP contribution in [0.3, 0.4) is 0 Å². The molecule has 3 nitrogen and oxygen atoms in total. The Kier molecular flexibility index (Phi) is 6.77. The third-order valence-electron chi connectivity index (χ3n) is 11.2. The summed E-state index contributed by atoms with van der Waals surface area (Å²) in [6.07, 6.45) is 0. The van der Waals surface area contributed by atoms with Crippen molar-refractivity contribution < 1.29 is 4.74 Å². The highest BCUT2D eigenvalue weighted by atomic mass is 16.5. The first-order valence-electron chi connectivity index (χ1n) is 18.4. The molecule has 0 radical (unpaired) electrons. The SMILES string of the molecule is c1ccc(-c2cc(-c3ccccc3)nc(-c3c(-c4cccc5c4Oc4ccccc4C54c5ccccc5-c5ccccc54)ccc4ccccc34)n2)cc1. The van der Waals surface area contributed by atoms with Crippen molar-refractivity contribution in [1.29, 1.82) is 0 Å². The molecule has 0 amide bonds. The van der Waals surface area contributed by atoms with E-state index in [4.69, 9.17) is 14.7 Å². The molecule has 11 rings (SSSR count). The summed E-state index contributed by atoms with van der Waals surface area (Å²) in [7, 11) is 0. The Morgan fingerprint density at radius 3 is 1.61 bits per heavy atom. The zero-order chi connectivity index (χ0) is 35.6. The largest absolute Gasteiger partial charge is 0.456 e. The normalized spacial score (nSPS) is 13.1. The summed E-state index contributed by atoms with van der Waals surface area (Å²) in [5.41, 5.74) is 13.6. The van der Waals surface area contributed by atoms with Gasteiger partial charge >= 0.3 is 0 Å². The molecule has 3 heteroatoms. The zero-order valence-corrected chi connectivity index (χ0v) is 29.3. The van der Waals surface area contributed by atoms with Crippen molar-refractivity contribution in [2.24, 2.45) is 0 Å². The van der Waals surface area contributed by atoms with Crippen molar-refractivity contribution in [3.63, 3.8) is 0 Å². The van der Waals surface area contributed by atoms with Gasteiger partial charge in [-0.3, -0.25) is 0 Å². The first-order chi connectivity index (χ1) is 26.8. The van der Waals surface area contributed by atoms with Gasteiger partial charge in [0.2, 0.25) is 0 Å². The highest BCUT2D eigenvalue weighted by Gasteiger charge is 2.51. The summed E-state index contributed by atoms with van der Waals surface area (Å²) in [5.74, 6) is 2.38. The topological polar surface area (TPSA) is 35.0 Å². The molecular weight excluding hydrogens is 657 g/mol. The Labute approximate surface area is 313 Å². The fourth-order valence-electron chi connectivity index (χ4n) is 8.90. The molecule has 1 aromatic heterocycles. The van der Waals surface area contributed by atoms with Crippen molar-refractivity contribution >= 4 is 10.8 Å². The molecular formula is C51H32N2O. The zero-order valence-electron chi connectivity index (χ0n) is 29.3. The Balaban J connectivity index is 1.23. The number of hydrogen-bond acceptors (Lipinski definition) is 3. The van der Waals surface area contributed by atoms with E-state index in [-0.39, 0.29) is 0 Å². The molecule has 0 atom stereocenters. The summed E-state index contributed by atoms with van der Waals surface area (Å²) in [4.78, 5) is 10.7. The van der Waals surface area contributed by atoms with Gasteiger partial charge in [0.1, 0.15) is 11.5 Å². The van der Waals surface area contributed by atoms with Gasteiger partial charge in [0.15, 0.2) is 5.82 Å². The van der Waals surface area contributed by atoms with Crippen LogP contribution in [0, 0.1) is 0 Å². The van der Waals surface area contributed by atoms with Gasteiger partial charge in [0, 0.05) is 33.4 Å². The number of aromatic nitrogens is 2. The minimum absolute atomic E-state index is 0.561. The predicted octanol–water partition coefficient (Wildman–Crippen LogP) is 12.8. The molecule has 1 aliphatic carbocycles. The lowest BCUT2D eigenvalue weighted by Gasteiger charge is -2.40. The van der Waals surface area contributed by atoms with Crippen LogP contribution in [-0.4, -0.2) is 9.97 Å². The molecule has 8 aromatic carbocycles. The quantitative estimate of drug-likeness (QED) is 0.185. The number of hydrogen-bond donors (Lipinski definition) is 0. The molecule has 0 N–H and O–H groups in total. The smallest absolute Gasteiger partial charge is 0.161 e. The van der Waals surface area contributed by atoms with Gasteiger partial charge in [-0.1, -0.05) is 182 Å². The maximum absolute atomic E-state index is 7.13. The van der Waals surface area contributed by atoms with E-state index in [0.29, 0.717) is 5.82 Å². The molecule has 54 heavy (non-hydrogen) atoms. The van der Waals surface area contributed by atoms with Crippen LogP contribution in [-0.2, 0) is 5.41 Å². The number of para-hydroxylation sites is 2. The summed E-state index contributed by atoms with van der Waals surface area (Å²) in [6.45, 7) is 0. The molecule has 1 spiro atoms. The van der Waals surface area contributed by atoms with Gasteiger partial charge < -0.3 is 4.74 Å². The lowest BCUT2D eigenvalue weighted by Crippen LogP contribution is -2.32. The Hall–Kier alpha value is -7.10. The van der Waals surface area contributed by atoms with Crippen molar-refractivity contribution in [3.8, 4) is 67.7 Å². The van der Waals surface area contributed by atoms with Crippen LogP contribution in [0.15, 0.2) is 194 Å². The maximum Gasteiger partial charge on any atom is 0.161 e. The first-order valence-corrected chi connectivity index (χ1v) is 18.4. The second-order valence-electron chi connectivity index (χ2n) is 14.0. The summed E-state index contributed by atoms with van der Waals surface area (Å²) in [5, 5.41) is 2.21. The summed E-state index contributed by atoms with van der Waals surface area (Å²) < 4.78 is 7.13.